The largest absolute Gasteiger partial charge is 0.462 e. The van der Waals surface area contributed by atoms with E-state index in [4.69, 9.17) is 14.2 Å². The van der Waals surface area contributed by atoms with E-state index < -0.39 is 6.10 Å². The monoisotopic (exact) mass is 839 g/mol. The molecule has 0 aliphatic heterocycles. The molecule has 0 aliphatic rings. The molecule has 0 saturated carbocycles. The fraction of sp³-hybridized carbons (Fsp3) is 0.782. The van der Waals surface area contributed by atoms with Crippen LogP contribution in [0.3, 0.4) is 0 Å². The lowest BCUT2D eigenvalue weighted by atomic mass is 10.0. The Morgan fingerprint density at radius 3 is 1.27 bits per heavy atom. The number of allylic oxidation sites excluding steroid dienone is 10. The zero-order valence-electron chi connectivity index (χ0n) is 40.0. The molecule has 0 amide bonds. The molecule has 1 unspecified atom stereocenters. The molecular weight excluding hydrogens is 741 g/mol. The van der Waals surface area contributed by atoms with Crippen molar-refractivity contribution in [3.8, 4) is 0 Å². The second-order valence-electron chi connectivity index (χ2n) is 17.0. The average Bonchev–Trinajstić information content (AvgIpc) is 3.25. The van der Waals surface area contributed by atoms with Gasteiger partial charge in [-0.2, -0.15) is 0 Å². The van der Waals surface area contributed by atoms with Gasteiger partial charge < -0.3 is 14.2 Å². The Morgan fingerprint density at radius 2 is 0.783 bits per heavy atom. The van der Waals surface area contributed by atoms with Crippen LogP contribution in [0.15, 0.2) is 60.8 Å². The first-order valence-corrected chi connectivity index (χ1v) is 25.8. The van der Waals surface area contributed by atoms with E-state index >= 15 is 0 Å². The van der Waals surface area contributed by atoms with Crippen LogP contribution >= 0.6 is 0 Å². The second kappa shape index (κ2) is 51.0. The number of ether oxygens (including phenoxy) is 3. The van der Waals surface area contributed by atoms with Crippen molar-refractivity contribution in [2.75, 3.05) is 19.8 Å². The topological polar surface area (TPSA) is 61.8 Å². The first-order chi connectivity index (χ1) is 29.6. The van der Waals surface area contributed by atoms with Crippen LogP contribution in [0.5, 0.6) is 0 Å². The van der Waals surface area contributed by atoms with Gasteiger partial charge in [0.2, 0.25) is 0 Å². The minimum atomic E-state index is -0.564. The summed E-state index contributed by atoms with van der Waals surface area (Å²) >= 11 is 0. The lowest BCUT2D eigenvalue weighted by Crippen LogP contribution is -2.30. The van der Waals surface area contributed by atoms with Crippen LogP contribution < -0.4 is 0 Å². The van der Waals surface area contributed by atoms with Crippen molar-refractivity contribution >= 4 is 11.9 Å². The van der Waals surface area contributed by atoms with Crippen LogP contribution in [-0.4, -0.2) is 37.9 Å². The van der Waals surface area contributed by atoms with Crippen molar-refractivity contribution in [1.29, 1.82) is 0 Å². The molecule has 348 valence electrons. The molecule has 0 radical (unpaired) electrons. The van der Waals surface area contributed by atoms with E-state index in [1.165, 1.54) is 161 Å². The van der Waals surface area contributed by atoms with Gasteiger partial charge in [0.25, 0.3) is 0 Å². The van der Waals surface area contributed by atoms with Gasteiger partial charge in [-0.15, -0.1) is 0 Å². The Bertz CT molecular complexity index is 1040. The molecule has 0 N–H and O–H groups in total. The summed E-state index contributed by atoms with van der Waals surface area (Å²) in [4.78, 5) is 25.3. The summed E-state index contributed by atoms with van der Waals surface area (Å²) in [6, 6.07) is 0. The smallest absolute Gasteiger partial charge is 0.306 e. The van der Waals surface area contributed by atoms with E-state index in [1.54, 1.807) is 0 Å². The van der Waals surface area contributed by atoms with Crippen LogP contribution in [0.1, 0.15) is 252 Å². The number of esters is 2. The predicted molar refractivity (Wildman–Crippen MR) is 261 cm³/mol. The van der Waals surface area contributed by atoms with Crippen LogP contribution in [-0.2, 0) is 23.8 Å². The highest BCUT2D eigenvalue weighted by Crippen LogP contribution is 2.15. The third-order valence-corrected chi connectivity index (χ3v) is 11.1. The van der Waals surface area contributed by atoms with Crippen LogP contribution in [0.2, 0.25) is 0 Å². The highest BCUT2D eigenvalue weighted by atomic mass is 16.6. The van der Waals surface area contributed by atoms with Crippen molar-refractivity contribution in [3.63, 3.8) is 0 Å². The molecular formula is C55H98O5. The normalized spacial score (nSPS) is 12.7. The van der Waals surface area contributed by atoms with Gasteiger partial charge in [0.1, 0.15) is 6.61 Å². The number of carbonyl (C=O) groups excluding carboxylic acids is 2. The third-order valence-electron chi connectivity index (χ3n) is 11.1. The highest BCUT2D eigenvalue weighted by molar-refractivity contribution is 5.70. The zero-order valence-corrected chi connectivity index (χ0v) is 40.0. The number of hydrogen-bond donors (Lipinski definition) is 0. The molecule has 0 bridgehead atoms. The molecule has 0 saturated heterocycles. The molecule has 0 heterocycles. The van der Waals surface area contributed by atoms with Crippen LogP contribution in [0.4, 0.5) is 0 Å². The van der Waals surface area contributed by atoms with Gasteiger partial charge in [0.15, 0.2) is 6.10 Å². The van der Waals surface area contributed by atoms with E-state index in [-0.39, 0.29) is 25.2 Å². The summed E-state index contributed by atoms with van der Waals surface area (Å²) in [5.74, 6) is -0.485. The molecule has 60 heavy (non-hydrogen) atoms. The fourth-order valence-electron chi connectivity index (χ4n) is 7.22. The maximum Gasteiger partial charge on any atom is 0.306 e. The Morgan fingerprint density at radius 1 is 0.383 bits per heavy atom. The molecule has 0 aromatic heterocycles. The van der Waals surface area contributed by atoms with E-state index in [0.717, 1.165) is 51.4 Å². The van der Waals surface area contributed by atoms with E-state index in [0.29, 0.717) is 25.9 Å². The number of carbonyl (C=O) groups is 2. The lowest BCUT2D eigenvalue weighted by Gasteiger charge is -2.18. The van der Waals surface area contributed by atoms with Gasteiger partial charge >= 0.3 is 11.9 Å². The first kappa shape index (κ1) is 57.6. The van der Waals surface area contributed by atoms with Gasteiger partial charge in [0.05, 0.1) is 6.61 Å². The molecule has 0 aliphatic carbocycles. The average molecular weight is 839 g/mol. The number of rotatable bonds is 47. The van der Waals surface area contributed by atoms with Crippen molar-refractivity contribution in [3.05, 3.63) is 60.8 Å². The Balaban J connectivity index is 4.30. The number of hydrogen-bond acceptors (Lipinski definition) is 5. The molecule has 0 aromatic carbocycles. The molecule has 0 spiro atoms. The maximum atomic E-state index is 12.8. The Kier molecular flexibility index (Phi) is 48.9. The first-order valence-electron chi connectivity index (χ1n) is 25.8. The van der Waals surface area contributed by atoms with Crippen molar-refractivity contribution in [2.45, 2.75) is 258 Å². The molecule has 0 rings (SSSR count). The van der Waals surface area contributed by atoms with Crippen molar-refractivity contribution < 1.29 is 23.8 Å². The van der Waals surface area contributed by atoms with Gasteiger partial charge in [-0.1, -0.05) is 229 Å². The standard InChI is InChI=1S/C55H98O5/c1-4-7-10-13-16-19-22-25-26-27-28-29-32-35-38-41-44-47-50-58-51-53(60-55(57)49-46-43-40-37-34-31-24-21-18-15-12-9-6-3)52-59-54(56)48-45-42-39-36-33-30-23-20-17-14-11-8-5-2/h8,11,17,20,25-26,30,33,39,42,53H,4-7,9-10,12-16,18-19,21-24,27-29,31-32,34-38,40-41,43-52H2,1-3H3/b11-8-,20-17-,26-25-,33-30-,42-39-. The van der Waals surface area contributed by atoms with Gasteiger partial charge in [-0.25, -0.2) is 0 Å². The lowest BCUT2D eigenvalue weighted by molar-refractivity contribution is -0.162. The van der Waals surface area contributed by atoms with Crippen LogP contribution in [0.25, 0.3) is 0 Å². The van der Waals surface area contributed by atoms with Gasteiger partial charge in [0, 0.05) is 19.4 Å². The zero-order chi connectivity index (χ0) is 43.5. The summed E-state index contributed by atoms with van der Waals surface area (Å²) in [6.07, 6.45) is 63.9. The molecule has 0 fully saturated rings. The molecule has 0 aromatic rings. The highest BCUT2D eigenvalue weighted by Gasteiger charge is 2.17. The summed E-state index contributed by atoms with van der Waals surface area (Å²) in [6.45, 7) is 7.65. The van der Waals surface area contributed by atoms with Gasteiger partial charge in [-0.05, 0) is 70.6 Å². The van der Waals surface area contributed by atoms with Crippen molar-refractivity contribution in [1.82, 2.24) is 0 Å². The minimum absolute atomic E-state index is 0.0479. The van der Waals surface area contributed by atoms with Crippen molar-refractivity contribution in [2.24, 2.45) is 0 Å². The maximum absolute atomic E-state index is 12.8. The van der Waals surface area contributed by atoms with E-state index in [1.807, 2.05) is 6.08 Å². The quantitative estimate of drug-likeness (QED) is 0.0347. The third kappa shape index (κ3) is 48.3. The Labute approximate surface area is 373 Å². The summed E-state index contributed by atoms with van der Waals surface area (Å²) in [5, 5.41) is 0. The van der Waals surface area contributed by atoms with E-state index in [9.17, 15) is 9.59 Å². The molecule has 5 heteroatoms. The Hall–Kier alpha value is -2.40. The fourth-order valence-corrected chi connectivity index (χ4v) is 7.22. The molecule has 1 atom stereocenters. The van der Waals surface area contributed by atoms with Gasteiger partial charge in [-0.3, -0.25) is 9.59 Å². The predicted octanol–water partition coefficient (Wildman–Crippen LogP) is 17.3. The number of unbranched alkanes of at least 4 members (excludes halogenated alkanes) is 26. The molecule has 5 nitrogen and oxygen atoms in total. The summed E-state index contributed by atoms with van der Waals surface area (Å²) in [7, 11) is 0. The summed E-state index contributed by atoms with van der Waals surface area (Å²) < 4.78 is 17.3. The van der Waals surface area contributed by atoms with E-state index in [2.05, 4.69) is 75.5 Å². The SMILES string of the molecule is CC/C=C\C/C=C\C/C=C\C/C=C\CCC(=O)OCC(COCCCCCCCCCC/C=C\CCCCCCCC)OC(=O)CCCCCCCCCCCCCCC. The summed E-state index contributed by atoms with van der Waals surface area (Å²) in [5.41, 5.74) is 0. The van der Waals surface area contributed by atoms with Crippen LogP contribution in [0, 0.1) is 0 Å². The second-order valence-corrected chi connectivity index (χ2v) is 17.0. The minimum Gasteiger partial charge on any atom is -0.462 e.